The summed E-state index contributed by atoms with van der Waals surface area (Å²) in [5, 5.41) is 3.27. The number of aryl methyl sites for hydroxylation is 2. The molecule has 25 heavy (non-hydrogen) atoms. The first-order valence-corrected chi connectivity index (χ1v) is 8.85. The minimum absolute atomic E-state index is 0.529. The quantitative estimate of drug-likeness (QED) is 0.520. The molecule has 4 rings (SSSR count). The van der Waals surface area contributed by atoms with Crippen LogP contribution in [0.25, 0.3) is 26.4 Å². The second-order valence-corrected chi connectivity index (χ2v) is 6.94. The zero-order valence-corrected chi connectivity index (χ0v) is 14.9. The summed E-state index contributed by atoms with van der Waals surface area (Å²) in [6.45, 7) is 5.20. The maximum absolute atomic E-state index is 5.78. The zero-order valence-electron chi connectivity index (χ0n) is 14.1. The topological polar surface area (TPSA) is 107 Å². The molecule has 0 radical (unpaired) electrons. The Hall–Kier alpha value is -2.71. The highest BCUT2D eigenvalue weighted by Crippen LogP contribution is 2.36. The SMILES string of the molecule is Cc1nc(N)ccc1-c1cc2nc(NCCN)c3ncc(C)n3c2s1. The van der Waals surface area contributed by atoms with Crippen molar-refractivity contribution in [2.45, 2.75) is 13.8 Å². The lowest BCUT2D eigenvalue weighted by molar-refractivity contribution is 1.01. The Morgan fingerprint density at radius 2 is 2.08 bits per heavy atom. The van der Waals surface area contributed by atoms with E-state index in [2.05, 4.69) is 25.8 Å². The van der Waals surface area contributed by atoms with Gasteiger partial charge in [-0.3, -0.25) is 4.40 Å². The van der Waals surface area contributed by atoms with Gasteiger partial charge in [-0.15, -0.1) is 11.3 Å². The molecule has 0 spiro atoms. The lowest BCUT2D eigenvalue weighted by atomic mass is 10.1. The van der Waals surface area contributed by atoms with Crippen LogP contribution in [-0.4, -0.2) is 32.4 Å². The normalized spacial score (nSPS) is 11.5. The van der Waals surface area contributed by atoms with Gasteiger partial charge in [-0.05, 0) is 32.0 Å². The predicted octanol–water partition coefficient (Wildman–Crippen LogP) is 2.58. The fourth-order valence-corrected chi connectivity index (χ4v) is 4.16. The van der Waals surface area contributed by atoms with Gasteiger partial charge in [-0.1, -0.05) is 0 Å². The van der Waals surface area contributed by atoms with Gasteiger partial charge in [-0.25, -0.2) is 15.0 Å². The molecule has 0 saturated heterocycles. The van der Waals surface area contributed by atoms with Gasteiger partial charge in [0.05, 0.1) is 0 Å². The Kier molecular flexibility index (Phi) is 3.78. The summed E-state index contributed by atoms with van der Waals surface area (Å²) in [4.78, 5) is 15.8. The van der Waals surface area contributed by atoms with Crippen LogP contribution in [0.3, 0.4) is 0 Å². The predicted molar refractivity (Wildman–Crippen MR) is 103 cm³/mol. The highest BCUT2D eigenvalue weighted by atomic mass is 32.1. The lowest BCUT2D eigenvalue weighted by Gasteiger charge is -2.07. The second-order valence-electron chi connectivity index (χ2n) is 5.90. The fourth-order valence-electron chi connectivity index (χ4n) is 2.93. The van der Waals surface area contributed by atoms with Crippen molar-refractivity contribution in [2.24, 2.45) is 5.73 Å². The maximum Gasteiger partial charge on any atom is 0.181 e. The van der Waals surface area contributed by atoms with Gasteiger partial charge >= 0.3 is 0 Å². The Labute approximate surface area is 148 Å². The van der Waals surface area contributed by atoms with E-state index in [0.29, 0.717) is 18.9 Å². The molecule has 0 saturated carbocycles. The average molecular weight is 353 g/mol. The highest BCUT2D eigenvalue weighted by Gasteiger charge is 2.16. The summed E-state index contributed by atoms with van der Waals surface area (Å²) in [6, 6.07) is 5.92. The molecule has 7 nitrogen and oxygen atoms in total. The van der Waals surface area contributed by atoms with Crippen molar-refractivity contribution in [1.29, 1.82) is 0 Å². The molecule has 0 amide bonds. The number of nitrogens with zero attached hydrogens (tertiary/aromatic N) is 4. The molecule has 4 heterocycles. The van der Waals surface area contributed by atoms with E-state index in [9.17, 15) is 0 Å². The molecule has 0 aliphatic rings. The molecule has 128 valence electrons. The molecule has 8 heteroatoms. The van der Waals surface area contributed by atoms with Crippen LogP contribution in [-0.2, 0) is 0 Å². The van der Waals surface area contributed by atoms with Crippen LogP contribution in [0.1, 0.15) is 11.4 Å². The van der Waals surface area contributed by atoms with E-state index in [0.717, 1.165) is 43.6 Å². The number of aromatic nitrogens is 4. The Balaban J connectivity index is 1.95. The van der Waals surface area contributed by atoms with Crippen LogP contribution in [0, 0.1) is 13.8 Å². The lowest BCUT2D eigenvalue weighted by Crippen LogP contribution is -2.14. The summed E-state index contributed by atoms with van der Waals surface area (Å²) >= 11 is 1.68. The highest BCUT2D eigenvalue weighted by molar-refractivity contribution is 7.21. The molecular weight excluding hydrogens is 334 g/mol. The van der Waals surface area contributed by atoms with E-state index in [1.165, 1.54) is 0 Å². The summed E-state index contributed by atoms with van der Waals surface area (Å²) in [7, 11) is 0. The molecule has 0 bridgehead atoms. The number of nitrogen functional groups attached to an aromatic ring is 1. The first-order valence-electron chi connectivity index (χ1n) is 8.03. The molecule has 4 aromatic rings. The third kappa shape index (κ3) is 2.59. The number of fused-ring (bicyclic) bond motifs is 3. The van der Waals surface area contributed by atoms with Gasteiger partial charge < -0.3 is 16.8 Å². The van der Waals surface area contributed by atoms with E-state index in [1.54, 1.807) is 11.3 Å². The van der Waals surface area contributed by atoms with Crippen molar-refractivity contribution in [1.82, 2.24) is 19.4 Å². The fraction of sp³-hybridized carbons (Fsp3) is 0.235. The van der Waals surface area contributed by atoms with Crippen LogP contribution in [0.15, 0.2) is 24.4 Å². The van der Waals surface area contributed by atoms with Gasteiger partial charge in [0.25, 0.3) is 0 Å². The van der Waals surface area contributed by atoms with Gasteiger partial charge in [0, 0.05) is 41.1 Å². The van der Waals surface area contributed by atoms with E-state index >= 15 is 0 Å². The molecular formula is C17H19N7S. The van der Waals surface area contributed by atoms with Crippen molar-refractivity contribution in [3.8, 4) is 10.4 Å². The van der Waals surface area contributed by atoms with Crippen molar-refractivity contribution < 1.29 is 0 Å². The van der Waals surface area contributed by atoms with Gasteiger partial charge in [0.1, 0.15) is 16.2 Å². The Bertz CT molecular complexity index is 1080. The maximum atomic E-state index is 5.78. The summed E-state index contributed by atoms with van der Waals surface area (Å²) < 4.78 is 2.13. The summed E-state index contributed by atoms with van der Waals surface area (Å²) in [5.41, 5.74) is 16.2. The third-order valence-electron chi connectivity index (χ3n) is 4.09. The molecule has 0 aliphatic carbocycles. The largest absolute Gasteiger partial charge is 0.384 e. The van der Waals surface area contributed by atoms with Crippen LogP contribution in [0.5, 0.6) is 0 Å². The Morgan fingerprint density at radius 3 is 2.84 bits per heavy atom. The molecule has 5 N–H and O–H groups in total. The molecule has 0 atom stereocenters. The van der Waals surface area contributed by atoms with E-state index in [1.807, 2.05) is 32.2 Å². The molecule has 0 unspecified atom stereocenters. The standard InChI is InChI=1S/C17H19N7S/c1-9-8-21-16-15(20-6-5-18)23-12-7-13(25-17(12)24(9)16)11-3-4-14(19)22-10(11)2/h3-4,7-8H,5-6,18H2,1-2H3,(H2,19,22)(H,20,23). The van der Waals surface area contributed by atoms with Gasteiger partial charge in [-0.2, -0.15) is 0 Å². The van der Waals surface area contributed by atoms with E-state index < -0.39 is 0 Å². The van der Waals surface area contributed by atoms with Crippen LogP contribution < -0.4 is 16.8 Å². The number of pyridine rings is 1. The van der Waals surface area contributed by atoms with Crippen LogP contribution >= 0.6 is 11.3 Å². The number of anilines is 2. The smallest absolute Gasteiger partial charge is 0.181 e. The van der Waals surface area contributed by atoms with Crippen molar-refractivity contribution in [3.05, 3.63) is 35.8 Å². The zero-order chi connectivity index (χ0) is 17.6. The number of nitrogens with two attached hydrogens (primary N) is 2. The third-order valence-corrected chi connectivity index (χ3v) is 5.23. The van der Waals surface area contributed by atoms with Gasteiger partial charge in [0.15, 0.2) is 11.5 Å². The molecule has 0 aromatic carbocycles. The van der Waals surface area contributed by atoms with Crippen LogP contribution in [0.4, 0.5) is 11.6 Å². The second kappa shape index (κ2) is 5.98. The van der Waals surface area contributed by atoms with Crippen molar-refractivity contribution in [2.75, 3.05) is 24.1 Å². The number of hydrogen-bond acceptors (Lipinski definition) is 7. The van der Waals surface area contributed by atoms with Crippen LogP contribution in [0.2, 0.25) is 0 Å². The monoisotopic (exact) mass is 353 g/mol. The summed E-state index contributed by atoms with van der Waals surface area (Å²) in [6.07, 6.45) is 1.86. The van der Waals surface area contributed by atoms with Crippen molar-refractivity contribution >= 4 is 39.0 Å². The number of hydrogen-bond donors (Lipinski definition) is 3. The molecule has 4 aromatic heterocycles. The van der Waals surface area contributed by atoms with Gasteiger partial charge in [0.2, 0.25) is 0 Å². The first kappa shape index (κ1) is 15.8. The molecule has 0 fully saturated rings. The first-order chi connectivity index (χ1) is 12.1. The Morgan fingerprint density at radius 1 is 1.24 bits per heavy atom. The minimum atomic E-state index is 0.529. The summed E-state index contributed by atoms with van der Waals surface area (Å²) in [5.74, 6) is 1.28. The van der Waals surface area contributed by atoms with E-state index in [4.69, 9.17) is 16.5 Å². The minimum Gasteiger partial charge on any atom is -0.384 e. The van der Waals surface area contributed by atoms with E-state index in [-0.39, 0.29) is 0 Å². The number of nitrogens with one attached hydrogen (secondary N) is 1. The average Bonchev–Trinajstić information content (AvgIpc) is 3.16. The number of rotatable bonds is 4. The van der Waals surface area contributed by atoms with Crippen molar-refractivity contribution in [3.63, 3.8) is 0 Å². The number of thiophene rings is 1. The number of imidazole rings is 1. The molecule has 0 aliphatic heterocycles.